The summed E-state index contributed by atoms with van der Waals surface area (Å²) in [6.07, 6.45) is 8.78. The monoisotopic (exact) mass is 209 g/mol. The van der Waals surface area contributed by atoms with Gasteiger partial charge in [-0.1, -0.05) is 26.7 Å². The van der Waals surface area contributed by atoms with E-state index in [2.05, 4.69) is 24.2 Å². The fourth-order valence-corrected chi connectivity index (χ4v) is 3.15. The predicted molar refractivity (Wildman–Crippen MR) is 61.7 cm³/mol. The first-order chi connectivity index (χ1) is 6.73. The van der Waals surface area contributed by atoms with Gasteiger partial charge in [-0.05, 0) is 25.2 Å². The van der Waals surface area contributed by atoms with E-state index in [4.69, 9.17) is 0 Å². The molecule has 0 aliphatic heterocycles. The molecule has 2 rings (SSSR count). The third kappa shape index (κ3) is 1.85. The molecule has 1 fully saturated rings. The summed E-state index contributed by atoms with van der Waals surface area (Å²) in [6.45, 7) is 4.63. The molecule has 0 amide bonds. The zero-order valence-electron chi connectivity index (χ0n) is 9.12. The first kappa shape index (κ1) is 10.2. The van der Waals surface area contributed by atoms with Gasteiger partial charge in [0.1, 0.15) is 0 Å². The van der Waals surface area contributed by atoms with E-state index in [0.717, 1.165) is 5.92 Å². The molecule has 1 nitrogen and oxygen atoms in total. The molecule has 1 aliphatic rings. The van der Waals surface area contributed by atoms with Gasteiger partial charge in [-0.25, -0.2) is 4.98 Å². The lowest BCUT2D eigenvalue weighted by molar-refractivity contribution is 0.211. The summed E-state index contributed by atoms with van der Waals surface area (Å²) < 4.78 is 0. The summed E-state index contributed by atoms with van der Waals surface area (Å²) in [4.78, 5) is 4.51. The fraction of sp³-hybridized carbons (Fsp3) is 0.750. The van der Waals surface area contributed by atoms with Gasteiger partial charge in [-0.3, -0.25) is 0 Å². The minimum Gasteiger partial charge on any atom is -0.249 e. The van der Waals surface area contributed by atoms with Crippen LogP contribution in [0.4, 0.5) is 0 Å². The van der Waals surface area contributed by atoms with Gasteiger partial charge in [0.05, 0.1) is 5.01 Å². The number of nitrogens with zero attached hydrogens (tertiary/aromatic N) is 1. The highest BCUT2D eigenvalue weighted by Gasteiger charge is 2.40. The van der Waals surface area contributed by atoms with Crippen LogP contribution in [0, 0.1) is 5.92 Å². The van der Waals surface area contributed by atoms with Crippen LogP contribution in [0.5, 0.6) is 0 Å². The summed E-state index contributed by atoms with van der Waals surface area (Å²) in [5, 5.41) is 3.51. The molecule has 1 saturated carbocycles. The maximum atomic E-state index is 4.51. The van der Waals surface area contributed by atoms with Gasteiger partial charge < -0.3 is 0 Å². The zero-order valence-corrected chi connectivity index (χ0v) is 9.94. The molecule has 0 aromatic carbocycles. The molecule has 0 bridgehead atoms. The Morgan fingerprint density at radius 3 is 2.71 bits per heavy atom. The van der Waals surface area contributed by atoms with E-state index in [1.807, 2.05) is 17.5 Å². The largest absolute Gasteiger partial charge is 0.249 e. The summed E-state index contributed by atoms with van der Waals surface area (Å²) in [5.74, 6) is 0.826. The van der Waals surface area contributed by atoms with Gasteiger partial charge in [0.15, 0.2) is 0 Å². The van der Waals surface area contributed by atoms with Crippen LogP contribution in [0.3, 0.4) is 0 Å². The Kier molecular flexibility index (Phi) is 2.91. The fourth-order valence-electron chi connectivity index (χ4n) is 2.22. The normalized spacial score (nSPS) is 19.6. The van der Waals surface area contributed by atoms with Crippen molar-refractivity contribution in [3.8, 4) is 0 Å². The van der Waals surface area contributed by atoms with Crippen molar-refractivity contribution >= 4 is 11.3 Å². The van der Waals surface area contributed by atoms with Crippen LogP contribution in [0.15, 0.2) is 11.6 Å². The molecular weight excluding hydrogens is 190 g/mol. The first-order valence-corrected chi connectivity index (χ1v) is 6.51. The predicted octanol–water partition coefficient (Wildman–Crippen LogP) is 4.00. The molecule has 0 N–H and O–H groups in total. The Morgan fingerprint density at radius 1 is 1.50 bits per heavy atom. The maximum Gasteiger partial charge on any atom is 0.0986 e. The third-order valence-electron chi connectivity index (χ3n) is 3.40. The highest BCUT2D eigenvalue weighted by atomic mass is 32.1. The molecular formula is C12H19NS. The lowest BCUT2D eigenvalue weighted by Crippen LogP contribution is -2.34. The molecule has 0 atom stereocenters. The van der Waals surface area contributed by atoms with Crippen molar-refractivity contribution in [2.75, 3.05) is 0 Å². The van der Waals surface area contributed by atoms with Crippen LogP contribution in [0.25, 0.3) is 0 Å². The van der Waals surface area contributed by atoms with Crippen molar-refractivity contribution in [3.05, 3.63) is 16.6 Å². The van der Waals surface area contributed by atoms with E-state index in [-0.39, 0.29) is 0 Å². The van der Waals surface area contributed by atoms with Crippen molar-refractivity contribution in [2.45, 2.75) is 51.4 Å². The van der Waals surface area contributed by atoms with Crippen LogP contribution < -0.4 is 0 Å². The van der Waals surface area contributed by atoms with Gasteiger partial charge in [0.2, 0.25) is 0 Å². The quantitative estimate of drug-likeness (QED) is 0.730. The Hall–Kier alpha value is -0.370. The van der Waals surface area contributed by atoms with Crippen molar-refractivity contribution in [3.63, 3.8) is 0 Å². The van der Waals surface area contributed by atoms with Gasteiger partial charge >= 0.3 is 0 Å². The smallest absolute Gasteiger partial charge is 0.0986 e. The molecule has 2 heteroatoms. The van der Waals surface area contributed by atoms with E-state index in [9.17, 15) is 0 Å². The Labute approximate surface area is 90.6 Å². The van der Waals surface area contributed by atoms with Crippen LogP contribution in [0.2, 0.25) is 0 Å². The number of hydrogen-bond donors (Lipinski definition) is 0. The summed E-state index contributed by atoms with van der Waals surface area (Å²) >= 11 is 1.85. The Morgan fingerprint density at radius 2 is 2.29 bits per heavy atom. The minimum absolute atomic E-state index is 0.485. The molecule has 1 heterocycles. The minimum atomic E-state index is 0.485. The molecule has 0 unspecified atom stereocenters. The molecule has 1 aromatic heterocycles. The lowest BCUT2D eigenvalue weighted by atomic mass is 9.66. The Balaban J connectivity index is 2.03. The topological polar surface area (TPSA) is 12.9 Å². The zero-order chi connectivity index (χ0) is 10.0. The van der Waals surface area contributed by atoms with Crippen LogP contribution >= 0.6 is 11.3 Å². The highest BCUT2D eigenvalue weighted by Crippen LogP contribution is 2.48. The first-order valence-electron chi connectivity index (χ1n) is 5.63. The van der Waals surface area contributed by atoms with Gasteiger partial charge in [0, 0.05) is 17.0 Å². The summed E-state index contributed by atoms with van der Waals surface area (Å²) in [5.41, 5.74) is 0.485. The van der Waals surface area contributed by atoms with E-state index in [1.165, 1.54) is 37.1 Å². The Bertz CT molecular complexity index is 273. The van der Waals surface area contributed by atoms with Crippen molar-refractivity contribution in [1.29, 1.82) is 0 Å². The van der Waals surface area contributed by atoms with Crippen LogP contribution in [-0.2, 0) is 5.41 Å². The summed E-state index contributed by atoms with van der Waals surface area (Å²) in [7, 11) is 0. The van der Waals surface area contributed by atoms with Crippen molar-refractivity contribution in [2.24, 2.45) is 5.92 Å². The maximum absolute atomic E-state index is 4.51. The van der Waals surface area contributed by atoms with Gasteiger partial charge in [-0.15, -0.1) is 11.3 Å². The van der Waals surface area contributed by atoms with Crippen LogP contribution in [0.1, 0.15) is 51.0 Å². The molecule has 0 spiro atoms. The van der Waals surface area contributed by atoms with Crippen molar-refractivity contribution < 1.29 is 0 Å². The van der Waals surface area contributed by atoms with Gasteiger partial charge in [0.25, 0.3) is 0 Å². The van der Waals surface area contributed by atoms with Crippen LogP contribution in [-0.4, -0.2) is 4.98 Å². The molecule has 1 aromatic rings. The number of aromatic nitrogens is 1. The second-order valence-electron chi connectivity index (χ2n) is 4.90. The molecule has 0 saturated heterocycles. The average molecular weight is 209 g/mol. The van der Waals surface area contributed by atoms with E-state index in [1.54, 1.807) is 0 Å². The van der Waals surface area contributed by atoms with Gasteiger partial charge in [-0.2, -0.15) is 0 Å². The van der Waals surface area contributed by atoms with E-state index >= 15 is 0 Å². The molecule has 14 heavy (non-hydrogen) atoms. The second kappa shape index (κ2) is 4.01. The third-order valence-corrected chi connectivity index (χ3v) is 4.42. The highest BCUT2D eigenvalue weighted by molar-refractivity contribution is 7.09. The molecule has 1 aliphatic carbocycles. The molecule has 78 valence electrons. The van der Waals surface area contributed by atoms with E-state index < -0.39 is 0 Å². The standard InChI is InChI=1S/C12H19NS/c1-10(2)4-7-12(5-3-6-12)11-13-8-9-14-11/h8-10H,3-7H2,1-2H3. The molecule has 0 radical (unpaired) electrons. The lowest BCUT2D eigenvalue weighted by Gasteiger charge is -2.40. The number of rotatable bonds is 4. The number of hydrogen-bond acceptors (Lipinski definition) is 2. The van der Waals surface area contributed by atoms with E-state index in [0.29, 0.717) is 5.41 Å². The van der Waals surface area contributed by atoms with Crippen molar-refractivity contribution in [1.82, 2.24) is 4.98 Å². The second-order valence-corrected chi connectivity index (χ2v) is 5.80. The number of thiazole rings is 1. The SMILES string of the molecule is CC(C)CCC1(c2nccs2)CCC1. The summed E-state index contributed by atoms with van der Waals surface area (Å²) in [6, 6.07) is 0. The average Bonchev–Trinajstić information content (AvgIpc) is 2.55.